The Hall–Kier alpha value is -4.28. The van der Waals surface area contributed by atoms with Crippen LogP contribution < -0.4 is 19.5 Å². The molecule has 0 aliphatic heterocycles. The molecule has 5 rings (SSSR count). The molecule has 5 aromatic rings. The van der Waals surface area contributed by atoms with Gasteiger partial charge in [0.05, 0.1) is 32.2 Å². The minimum absolute atomic E-state index is 0.334. The lowest BCUT2D eigenvalue weighted by atomic mass is 10.0. The maximum absolute atomic E-state index is 13.2. The van der Waals surface area contributed by atoms with Crippen LogP contribution in [0.4, 0.5) is 5.13 Å². The smallest absolute Gasteiger partial charge is 0.259 e. The van der Waals surface area contributed by atoms with Crippen LogP contribution in [0.25, 0.3) is 21.5 Å². The molecule has 36 heavy (non-hydrogen) atoms. The van der Waals surface area contributed by atoms with Crippen LogP contribution in [-0.2, 0) is 0 Å². The molecule has 180 valence electrons. The number of methoxy groups -OCH3 is 2. The van der Waals surface area contributed by atoms with Crippen LogP contribution in [0.15, 0.2) is 67.0 Å². The summed E-state index contributed by atoms with van der Waals surface area (Å²) in [6.45, 7) is 0. The topological polar surface area (TPSA) is 108 Å². The van der Waals surface area contributed by atoms with E-state index in [1.54, 1.807) is 37.4 Å². The summed E-state index contributed by atoms with van der Waals surface area (Å²) in [6.07, 6.45) is 2.94. The van der Waals surface area contributed by atoms with Crippen LogP contribution in [0.2, 0.25) is 5.02 Å². The first kappa shape index (κ1) is 23.5. The lowest BCUT2D eigenvalue weighted by Gasteiger charge is -2.11. The van der Waals surface area contributed by atoms with Gasteiger partial charge in [0.2, 0.25) is 5.88 Å². The van der Waals surface area contributed by atoms with Gasteiger partial charge in [0.15, 0.2) is 16.6 Å². The van der Waals surface area contributed by atoms with E-state index >= 15 is 0 Å². The van der Waals surface area contributed by atoms with Gasteiger partial charge in [-0.05, 0) is 24.3 Å². The monoisotopic (exact) mass is 519 g/mol. The van der Waals surface area contributed by atoms with E-state index in [-0.39, 0.29) is 5.91 Å². The Kier molecular flexibility index (Phi) is 6.61. The number of benzene rings is 2. The SMILES string of the molecule is COc1cc(Cl)ccc1Oc1ccc2nc(NC(=O)c3cnncc3-c3ccccc3OC)sc2n1. The van der Waals surface area contributed by atoms with Gasteiger partial charge >= 0.3 is 0 Å². The van der Waals surface area contributed by atoms with Gasteiger partial charge in [-0.2, -0.15) is 10.2 Å². The van der Waals surface area contributed by atoms with Crippen LogP contribution in [0.1, 0.15) is 10.4 Å². The van der Waals surface area contributed by atoms with E-state index < -0.39 is 0 Å². The average Bonchev–Trinajstić information content (AvgIpc) is 3.31. The van der Waals surface area contributed by atoms with Gasteiger partial charge in [0.25, 0.3) is 5.91 Å². The van der Waals surface area contributed by atoms with E-state index in [9.17, 15) is 4.79 Å². The molecule has 0 bridgehead atoms. The van der Waals surface area contributed by atoms with Gasteiger partial charge in [-0.25, -0.2) is 9.97 Å². The minimum atomic E-state index is -0.382. The normalized spacial score (nSPS) is 10.8. The standard InChI is InChI=1S/C25H18ClN5O4S/c1-33-19-6-4-3-5-15(19)16-12-27-28-13-17(16)23(32)31-25-29-18-8-10-22(30-24(18)36-25)35-20-9-7-14(26)11-21(20)34-2/h3-13H,1-2H3,(H,29,31,32). The number of nitrogens with zero attached hydrogens (tertiary/aromatic N) is 4. The van der Waals surface area contributed by atoms with Crippen molar-refractivity contribution in [1.29, 1.82) is 0 Å². The molecule has 1 N–H and O–H groups in total. The number of fused-ring (bicyclic) bond motifs is 1. The first-order valence-corrected chi connectivity index (χ1v) is 11.8. The highest BCUT2D eigenvalue weighted by atomic mass is 35.5. The molecule has 2 aromatic carbocycles. The molecular weight excluding hydrogens is 502 g/mol. The van der Waals surface area contributed by atoms with Gasteiger partial charge in [0.1, 0.15) is 16.1 Å². The van der Waals surface area contributed by atoms with Crippen molar-refractivity contribution in [2.45, 2.75) is 0 Å². The third-order valence-corrected chi connectivity index (χ3v) is 6.28. The number of para-hydroxylation sites is 1. The molecule has 0 aliphatic carbocycles. The summed E-state index contributed by atoms with van der Waals surface area (Å²) in [5.74, 6) is 1.54. The number of thiazole rings is 1. The van der Waals surface area contributed by atoms with Gasteiger partial charge in [-0.1, -0.05) is 41.1 Å². The average molecular weight is 520 g/mol. The zero-order valence-electron chi connectivity index (χ0n) is 19.1. The molecule has 0 unspecified atom stereocenters. The van der Waals surface area contributed by atoms with E-state index in [1.165, 1.54) is 30.8 Å². The molecule has 3 aromatic heterocycles. The van der Waals surface area contributed by atoms with Gasteiger partial charge in [-0.15, -0.1) is 0 Å². The van der Waals surface area contributed by atoms with E-state index in [2.05, 4.69) is 25.5 Å². The summed E-state index contributed by atoms with van der Waals surface area (Å²) in [4.78, 5) is 22.7. The lowest BCUT2D eigenvalue weighted by molar-refractivity contribution is 0.102. The second kappa shape index (κ2) is 10.1. The van der Waals surface area contributed by atoms with Crippen LogP contribution in [0.5, 0.6) is 23.1 Å². The number of hydrogen-bond acceptors (Lipinski definition) is 9. The number of rotatable bonds is 7. The Morgan fingerprint density at radius 2 is 1.69 bits per heavy atom. The molecule has 0 radical (unpaired) electrons. The van der Waals surface area contributed by atoms with E-state index in [0.29, 0.717) is 54.8 Å². The number of nitrogens with one attached hydrogen (secondary N) is 1. The second-order valence-corrected chi connectivity index (χ2v) is 8.77. The second-order valence-electron chi connectivity index (χ2n) is 7.36. The Morgan fingerprint density at radius 1 is 0.889 bits per heavy atom. The molecule has 0 atom stereocenters. The highest BCUT2D eigenvalue weighted by Gasteiger charge is 2.18. The Bertz CT molecular complexity index is 1580. The van der Waals surface area contributed by atoms with Gasteiger partial charge < -0.3 is 14.2 Å². The van der Waals surface area contributed by atoms with Crippen molar-refractivity contribution in [3.05, 3.63) is 77.6 Å². The number of hydrogen-bond donors (Lipinski definition) is 1. The number of amides is 1. The predicted octanol–water partition coefficient (Wildman–Crippen LogP) is 5.86. The Balaban J connectivity index is 1.40. The quantitative estimate of drug-likeness (QED) is 0.284. The summed E-state index contributed by atoms with van der Waals surface area (Å²) in [6, 6.07) is 15.9. The summed E-state index contributed by atoms with van der Waals surface area (Å²) in [5.41, 5.74) is 2.27. The molecule has 0 aliphatic rings. The van der Waals surface area contributed by atoms with Gasteiger partial charge in [0, 0.05) is 28.3 Å². The van der Waals surface area contributed by atoms with Crippen molar-refractivity contribution in [3.8, 4) is 34.3 Å². The minimum Gasteiger partial charge on any atom is -0.496 e. The van der Waals surface area contributed by atoms with Crippen molar-refractivity contribution >= 4 is 44.3 Å². The summed E-state index contributed by atoms with van der Waals surface area (Å²) >= 11 is 7.24. The Morgan fingerprint density at radius 3 is 2.53 bits per heavy atom. The number of carbonyl (C=O) groups is 1. The third-order valence-electron chi connectivity index (χ3n) is 5.16. The molecule has 0 spiro atoms. The molecule has 0 saturated heterocycles. The van der Waals surface area contributed by atoms with Crippen molar-refractivity contribution < 1.29 is 19.0 Å². The molecule has 1 amide bonds. The lowest BCUT2D eigenvalue weighted by Crippen LogP contribution is -2.14. The van der Waals surface area contributed by atoms with Crippen LogP contribution >= 0.6 is 22.9 Å². The summed E-state index contributed by atoms with van der Waals surface area (Å²) < 4.78 is 16.6. The highest BCUT2D eigenvalue weighted by molar-refractivity contribution is 7.22. The molecule has 3 heterocycles. The fourth-order valence-electron chi connectivity index (χ4n) is 3.50. The van der Waals surface area contributed by atoms with Crippen molar-refractivity contribution in [2.24, 2.45) is 0 Å². The van der Waals surface area contributed by atoms with E-state index in [1.807, 2.05) is 24.3 Å². The first-order chi connectivity index (χ1) is 17.6. The van der Waals surface area contributed by atoms with Crippen molar-refractivity contribution in [3.63, 3.8) is 0 Å². The van der Waals surface area contributed by atoms with Crippen molar-refractivity contribution in [2.75, 3.05) is 19.5 Å². The fraction of sp³-hybridized carbons (Fsp3) is 0.0800. The van der Waals surface area contributed by atoms with Crippen LogP contribution in [-0.4, -0.2) is 40.3 Å². The van der Waals surface area contributed by atoms with Crippen LogP contribution in [0.3, 0.4) is 0 Å². The maximum Gasteiger partial charge on any atom is 0.259 e. The molecule has 9 nitrogen and oxygen atoms in total. The summed E-state index contributed by atoms with van der Waals surface area (Å²) in [5, 5.41) is 11.6. The maximum atomic E-state index is 13.2. The highest BCUT2D eigenvalue weighted by Crippen LogP contribution is 2.35. The number of pyridine rings is 1. The molecular formula is C25H18ClN5O4S. The van der Waals surface area contributed by atoms with E-state index in [4.69, 9.17) is 25.8 Å². The van der Waals surface area contributed by atoms with Gasteiger partial charge in [-0.3, -0.25) is 10.1 Å². The predicted molar refractivity (Wildman–Crippen MR) is 137 cm³/mol. The van der Waals surface area contributed by atoms with Crippen LogP contribution in [0, 0.1) is 0 Å². The zero-order valence-corrected chi connectivity index (χ0v) is 20.6. The first-order valence-electron chi connectivity index (χ1n) is 10.6. The van der Waals surface area contributed by atoms with Crippen molar-refractivity contribution in [1.82, 2.24) is 20.2 Å². The Labute approximate surface area is 214 Å². The largest absolute Gasteiger partial charge is 0.496 e. The number of carbonyl (C=O) groups excluding carboxylic acids is 1. The zero-order chi connectivity index (χ0) is 25.1. The summed E-state index contributed by atoms with van der Waals surface area (Å²) in [7, 11) is 3.10. The third kappa shape index (κ3) is 4.77. The van der Waals surface area contributed by atoms with E-state index in [0.717, 1.165) is 5.56 Å². The molecule has 0 saturated carbocycles. The number of anilines is 1. The number of halogens is 1. The number of ether oxygens (including phenoxy) is 3. The fourth-order valence-corrected chi connectivity index (χ4v) is 4.48. The molecule has 0 fully saturated rings. The number of aromatic nitrogens is 4. The molecule has 11 heteroatoms.